The number of nitrogens with zero attached hydrogens (tertiary/aromatic N) is 2. The fourth-order valence-electron chi connectivity index (χ4n) is 2.88. The van der Waals surface area contributed by atoms with Crippen LogP contribution in [0.5, 0.6) is 0 Å². The molecule has 3 aromatic rings. The number of rotatable bonds is 7. The summed E-state index contributed by atoms with van der Waals surface area (Å²) in [6, 6.07) is 15.0. The van der Waals surface area contributed by atoms with Crippen LogP contribution >= 0.6 is 0 Å². The van der Waals surface area contributed by atoms with Crippen LogP contribution in [-0.2, 0) is 16.1 Å². The lowest BCUT2D eigenvalue weighted by molar-refractivity contribution is -0.143. The average molecular weight is 378 g/mol. The SMILES string of the molecule is CCOC(=O)CCn1ccn(-c2ccc(-c3ccc(C(=N)N)cc3)cc2)c1=O. The monoisotopic (exact) mass is 378 g/mol. The minimum atomic E-state index is -0.317. The number of imidazole rings is 1. The van der Waals surface area contributed by atoms with Crippen LogP contribution in [0.15, 0.2) is 65.7 Å². The van der Waals surface area contributed by atoms with E-state index >= 15 is 0 Å². The van der Waals surface area contributed by atoms with Gasteiger partial charge >= 0.3 is 11.7 Å². The molecule has 0 aliphatic rings. The zero-order chi connectivity index (χ0) is 20.1. The van der Waals surface area contributed by atoms with Crippen molar-refractivity contribution in [1.29, 1.82) is 5.41 Å². The molecule has 144 valence electrons. The Morgan fingerprint density at radius 2 is 1.64 bits per heavy atom. The van der Waals surface area contributed by atoms with E-state index in [0.29, 0.717) is 12.2 Å². The third kappa shape index (κ3) is 4.20. The molecule has 2 aromatic carbocycles. The molecule has 0 bridgehead atoms. The largest absolute Gasteiger partial charge is 0.466 e. The standard InChI is InChI=1S/C21H22N4O3/c1-2-28-19(26)11-12-24-13-14-25(21(24)27)18-9-7-16(8-10-18)15-3-5-17(6-4-15)20(22)23/h3-10,13-14H,2,11-12H2,1H3,(H3,22,23). The summed E-state index contributed by atoms with van der Waals surface area (Å²) in [7, 11) is 0. The normalized spacial score (nSPS) is 10.6. The number of hydrogen-bond donors (Lipinski definition) is 2. The smallest absolute Gasteiger partial charge is 0.332 e. The van der Waals surface area contributed by atoms with Crippen molar-refractivity contribution in [2.45, 2.75) is 19.9 Å². The highest BCUT2D eigenvalue weighted by atomic mass is 16.5. The molecule has 0 aliphatic heterocycles. The van der Waals surface area contributed by atoms with Crippen LogP contribution < -0.4 is 11.4 Å². The number of esters is 1. The van der Waals surface area contributed by atoms with Gasteiger partial charge in [-0.1, -0.05) is 36.4 Å². The summed E-state index contributed by atoms with van der Waals surface area (Å²) in [5, 5.41) is 7.45. The lowest BCUT2D eigenvalue weighted by Gasteiger charge is -2.06. The Morgan fingerprint density at radius 3 is 2.21 bits per heavy atom. The number of amidine groups is 1. The van der Waals surface area contributed by atoms with Crippen molar-refractivity contribution < 1.29 is 9.53 Å². The number of nitrogens with two attached hydrogens (primary N) is 1. The summed E-state index contributed by atoms with van der Waals surface area (Å²) in [6.07, 6.45) is 3.51. The highest BCUT2D eigenvalue weighted by Gasteiger charge is 2.08. The second-order valence-corrected chi connectivity index (χ2v) is 6.24. The Morgan fingerprint density at radius 1 is 1.04 bits per heavy atom. The summed E-state index contributed by atoms with van der Waals surface area (Å²) in [5.74, 6) is -0.281. The Bertz CT molecular complexity index is 1030. The Labute approximate surface area is 162 Å². The van der Waals surface area contributed by atoms with Crippen molar-refractivity contribution in [2.75, 3.05) is 6.61 Å². The molecule has 0 atom stereocenters. The first-order chi connectivity index (χ1) is 13.5. The van der Waals surface area contributed by atoms with Crippen molar-refractivity contribution in [3.63, 3.8) is 0 Å². The molecule has 0 aliphatic carbocycles. The second kappa shape index (κ2) is 8.39. The minimum Gasteiger partial charge on any atom is -0.466 e. The molecule has 1 aromatic heterocycles. The van der Waals surface area contributed by atoms with Gasteiger partial charge in [-0.2, -0.15) is 0 Å². The highest BCUT2D eigenvalue weighted by molar-refractivity contribution is 5.95. The van der Waals surface area contributed by atoms with E-state index in [1.807, 2.05) is 36.4 Å². The van der Waals surface area contributed by atoms with Crippen LogP contribution in [-0.4, -0.2) is 27.5 Å². The number of aryl methyl sites for hydroxylation is 1. The topological polar surface area (TPSA) is 103 Å². The maximum Gasteiger partial charge on any atom is 0.332 e. The first-order valence-electron chi connectivity index (χ1n) is 8.98. The maximum atomic E-state index is 12.5. The molecule has 0 saturated heterocycles. The van der Waals surface area contributed by atoms with Gasteiger partial charge in [-0.05, 0) is 30.2 Å². The molecule has 0 radical (unpaired) electrons. The van der Waals surface area contributed by atoms with E-state index < -0.39 is 0 Å². The van der Waals surface area contributed by atoms with Crippen LogP contribution in [0.2, 0.25) is 0 Å². The van der Waals surface area contributed by atoms with E-state index in [-0.39, 0.29) is 30.5 Å². The fourth-order valence-corrected chi connectivity index (χ4v) is 2.88. The van der Waals surface area contributed by atoms with Gasteiger partial charge in [0.1, 0.15) is 5.84 Å². The van der Waals surface area contributed by atoms with Crippen molar-refractivity contribution in [2.24, 2.45) is 5.73 Å². The molecule has 3 rings (SSSR count). The molecule has 0 fully saturated rings. The summed E-state index contributed by atoms with van der Waals surface area (Å²) in [4.78, 5) is 24.0. The van der Waals surface area contributed by atoms with E-state index in [2.05, 4.69) is 0 Å². The molecule has 0 amide bonds. The molecule has 7 heteroatoms. The first-order valence-corrected chi connectivity index (χ1v) is 8.98. The molecule has 7 nitrogen and oxygen atoms in total. The third-order valence-electron chi connectivity index (χ3n) is 4.38. The highest BCUT2D eigenvalue weighted by Crippen LogP contribution is 2.21. The average Bonchev–Trinajstić information content (AvgIpc) is 3.07. The molecule has 0 saturated carbocycles. The molecule has 3 N–H and O–H groups in total. The van der Waals surface area contributed by atoms with Gasteiger partial charge in [0.15, 0.2) is 0 Å². The van der Waals surface area contributed by atoms with Crippen molar-refractivity contribution in [3.8, 4) is 16.8 Å². The molecular formula is C21H22N4O3. The van der Waals surface area contributed by atoms with Gasteiger partial charge in [-0.15, -0.1) is 0 Å². The summed E-state index contributed by atoms with van der Waals surface area (Å²) >= 11 is 0. The Hall–Kier alpha value is -3.61. The third-order valence-corrected chi connectivity index (χ3v) is 4.38. The zero-order valence-electron chi connectivity index (χ0n) is 15.6. The number of ether oxygens (including phenoxy) is 1. The number of carbonyl (C=O) groups is 1. The van der Waals surface area contributed by atoms with Crippen LogP contribution in [0.3, 0.4) is 0 Å². The van der Waals surface area contributed by atoms with E-state index in [4.69, 9.17) is 15.9 Å². The second-order valence-electron chi connectivity index (χ2n) is 6.24. The molecular weight excluding hydrogens is 356 g/mol. The molecule has 0 unspecified atom stereocenters. The van der Waals surface area contributed by atoms with Crippen LogP contribution in [0.1, 0.15) is 18.9 Å². The van der Waals surface area contributed by atoms with Crippen LogP contribution in [0.25, 0.3) is 16.8 Å². The summed E-state index contributed by atoms with van der Waals surface area (Å²) < 4.78 is 7.92. The Kier molecular flexibility index (Phi) is 5.74. The van der Waals surface area contributed by atoms with Gasteiger partial charge in [0.05, 0.1) is 18.7 Å². The number of aromatic nitrogens is 2. The maximum absolute atomic E-state index is 12.5. The predicted molar refractivity (Wildman–Crippen MR) is 108 cm³/mol. The van der Waals surface area contributed by atoms with Crippen LogP contribution in [0, 0.1) is 5.41 Å². The van der Waals surface area contributed by atoms with Gasteiger partial charge in [0, 0.05) is 24.5 Å². The summed E-state index contributed by atoms with van der Waals surface area (Å²) in [6.45, 7) is 2.37. The first kappa shape index (κ1) is 19.2. The number of carbonyl (C=O) groups excluding carboxylic acids is 1. The van der Waals surface area contributed by atoms with Gasteiger partial charge in [0.2, 0.25) is 0 Å². The van der Waals surface area contributed by atoms with Crippen molar-refractivity contribution in [1.82, 2.24) is 9.13 Å². The van der Waals surface area contributed by atoms with Crippen molar-refractivity contribution in [3.05, 3.63) is 77.0 Å². The quantitative estimate of drug-likeness (QED) is 0.375. The lowest BCUT2D eigenvalue weighted by Crippen LogP contribution is -2.24. The van der Waals surface area contributed by atoms with Crippen molar-refractivity contribution >= 4 is 11.8 Å². The Balaban J connectivity index is 1.76. The van der Waals surface area contributed by atoms with E-state index in [1.54, 1.807) is 31.5 Å². The summed E-state index contributed by atoms with van der Waals surface area (Å²) in [5.41, 5.74) is 8.68. The van der Waals surface area contributed by atoms with Gasteiger partial charge in [-0.3, -0.25) is 19.3 Å². The fraction of sp³-hybridized carbons (Fsp3) is 0.190. The van der Waals surface area contributed by atoms with Gasteiger partial charge in [-0.25, -0.2) is 4.79 Å². The van der Waals surface area contributed by atoms with Gasteiger partial charge in [0.25, 0.3) is 0 Å². The van der Waals surface area contributed by atoms with E-state index in [1.165, 1.54) is 9.13 Å². The number of hydrogen-bond acceptors (Lipinski definition) is 4. The molecule has 28 heavy (non-hydrogen) atoms. The zero-order valence-corrected chi connectivity index (χ0v) is 15.6. The van der Waals surface area contributed by atoms with E-state index in [9.17, 15) is 9.59 Å². The van der Waals surface area contributed by atoms with Gasteiger partial charge < -0.3 is 10.5 Å². The number of nitrogen functional groups attached to an aromatic ring is 1. The van der Waals surface area contributed by atoms with E-state index in [0.717, 1.165) is 16.8 Å². The number of nitrogens with one attached hydrogen (secondary N) is 1. The minimum absolute atomic E-state index is 0.0359. The predicted octanol–water partition coefficient (Wildman–Crippen LogP) is 2.54. The molecule has 0 spiro atoms. The number of benzene rings is 2. The lowest BCUT2D eigenvalue weighted by atomic mass is 10.0. The molecule has 1 heterocycles. The van der Waals surface area contributed by atoms with Crippen LogP contribution in [0.4, 0.5) is 0 Å².